The molecule has 1 aliphatic rings. The topological polar surface area (TPSA) is 104 Å². The molecule has 8 nitrogen and oxygen atoms in total. The van der Waals surface area contributed by atoms with Crippen LogP contribution in [0.1, 0.15) is 23.2 Å². The maximum atomic E-state index is 12.6. The third kappa shape index (κ3) is 4.52. The number of nitrogens with one attached hydrogen (secondary N) is 1. The Hall–Kier alpha value is -1.98. The largest absolute Gasteiger partial charge is 0.322 e. The van der Waals surface area contributed by atoms with E-state index in [1.54, 1.807) is 0 Å². The summed E-state index contributed by atoms with van der Waals surface area (Å²) in [5, 5.41) is 2.71. The van der Waals surface area contributed by atoms with Crippen LogP contribution in [0.15, 0.2) is 52.3 Å². The van der Waals surface area contributed by atoms with E-state index in [0.29, 0.717) is 18.8 Å². The minimum Gasteiger partial charge on any atom is -0.322 e. The molecule has 1 fully saturated rings. The van der Waals surface area contributed by atoms with Gasteiger partial charge < -0.3 is 5.32 Å². The van der Waals surface area contributed by atoms with E-state index in [1.807, 2.05) is 0 Å². The van der Waals surface area contributed by atoms with Crippen molar-refractivity contribution in [2.24, 2.45) is 0 Å². The van der Waals surface area contributed by atoms with Gasteiger partial charge in [-0.25, -0.2) is 21.1 Å². The van der Waals surface area contributed by atoms with E-state index in [-0.39, 0.29) is 20.4 Å². The summed E-state index contributed by atoms with van der Waals surface area (Å²) in [7, 11) is -4.49. The van der Waals surface area contributed by atoms with Gasteiger partial charge in [0.2, 0.25) is 20.0 Å². The first-order valence-corrected chi connectivity index (χ1v) is 12.4. The van der Waals surface area contributed by atoms with Crippen molar-refractivity contribution in [3.05, 3.63) is 53.1 Å². The normalized spacial score (nSPS) is 15.5. The van der Waals surface area contributed by atoms with Crippen LogP contribution in [-0.2, 0) is 20.0 Å². The van der Waals surface area contributed by atoms with E-state index in [2.05, 4.69) is 5.32 Å². The van der Waals surface area contributed by atoms with Gasteiger partial charge in [-0.15, -0.1) is 0 Å². The Morgan fingerprint density at radius 1 is 0.967 bits per heavy atom. The molecule has 2 aromatic rings. The third-order valence-corrected chi connectivity index (χ3v) is 8.83. The number of anilines is 1. The number of carbonyl (C=O) groups is 1. The number of halogens is 1. The van der Waals surface area contributed by atoms with Gasteiger partial charge in [0.25, 0.3) is 5.91 Å². The highest BCUT2D eigenvalue weighted by Crippen LogP contribution is 2.25. The van der Waals surface area contributed by atoms with E-state index in [0.717, 1.165) is 17.1 Å². The highest BCUT2D eigenvalue weighted by atomic mass is 35.5. The molecule has 1 saturated heterocycles. The molecule has 2 aromatic carbocycles. The second-order valence-electron chi connectivity index (χ2n) is 7.02. The van der Waals surface area contributed by atoms with Gasteiger partial charge in [-0.1, -0.05) is 11.6 Å². The molecular weight excluding hydrogens is 450 g/mol. The zero-order valence-electron chi connectivity index (χ0n) is 16.5. The summed E-state index contributed by atoms with van der Waals surface area (Å²) in [4.78, 5) is 12.7. The van der Waals surface area contributed by atoms with Crippen LogP contribution in [0, 0.1) is 0 Å². The van der Waals surface area contributed by atoms with Crippen molar-refractivity contribution in [3.8, 4) is 0 Å². The van der Waals surface area contributed by atoms with Crippen LogP contribution < -0.4 is 5.32 Å². The fourth-order valence-corrected chi connectivity index (χ4v) is 5.68. The lowest BCUT2D eigenvalue weighted by atomic mass is 10.2. The van der Waals surface area contributed by atoms with Crippen LogP contribution in [0.2, 0.25) is 5.02 Å². The molecule has 1 N–H and O–H groups in total. The molecule has 0 aromatic heterocycles. The molecule has 162 valence electrons. The van der Waals surface area contributed by atoms with Gasteiger partial charge in [-0.3, -0.25) is 4.79 Å². The number of carbonyl (C=O) groups excluding carboxylic acids is 1. The van der Waals surface area contributed by atoms with Crippen molar-refractivity contribution in [1.29, 1.82) is 0 Å². The molecule has 11 heteroatoms. The van der Waals surface area contributed by atoms with Crippen molar-refractivity contribution in [2.75, 3.05) is 32.5 Å². The van der Waals surface area contributed by atoms with Gasteiger partial charge in [0.15, 0.2) is 0 Å². The molecule has 3 rings (SSSR count). The molecule has 0 spiro atoms. The number of sulfonamides is 2. The van der Waals surface area contributed by atoms with E-state index in [9.17, 15) is 21.6 Å². The van der Waals surface area contributed by atoms with Crippen LogP contribution in [0.5, 0.6) is 0 Å². The van der Waals surface area contributed by atoms with E-state index >= 15 is 0 Å². The van der Waals surface area contributed by atoms with E-state index < -0.39 is 26.0 Å². The molecule has 30 heavy (non-hydrogen) atoms. The maximum absolute atomic E-state index is 12.6. The van der Waals surface area contributed by atoms with Gasteiger partial charge in [-0.05, 0) is 55.3 Å². The number of hydrogen-bond acceptors (Lipinski definition) is 5. The predicted octanol–water partition coefficient (Wildman–Crippen LogP) is 2.63. The number of nitrogens with zero attached hydrogens (tertiary/aromatic N) is 2. The molecule has 0 aliphatic carbocycles. The third-order valence-electron chi connectivity index (χ3n) is 4.78. The lowest BCUT2D eigenvalue weighted by molar-refractivity contribution is 0.102. The first-order valence-electron chi connectivity index (χ1n) is 9.17. The standard InChI is InChI=1S/C19H22ClN3O5S2/c1-22(2)29(25,26)16-9-10-18(20)17(13-16)19(24)21-14-5-7-15(8-6-14)30(27,28)23-11-3-4-12-23/h5-10,13H,3-4,11-12H2,1-2H3,(H,21,24). The maximum Gasteiger partial charge on any atom is 0.257 e. The fourth-order valence-electron chi connectivity index (χ4n) is 3.04. The lowest BCUT2D eigenvalue weighted by Gasteiger charge is -2.16. The second-order valence-corrected chi connectivity index (χ2v) is 11.5. The van der Waals surface area contributed by atoms with E-state index in [4.69, 9.17) is 11.6 Å². The van der Waals surface area contributed by atoms with Crippen LogP contribution in [0.3, 0.4) is 0 Å². The number of rotatable bonds is 6. The van der Waals surface area contributed by atoms with E-state index in [1.165, 1.54) is 60.9 Å². The Labute approximate surface area is 181 Å². The van der Waals surface area contributed by atoms with Crippen LogP contribution >= 0.6 is 11.6 Å². The first-order chi connectivity index (χ1) is 14.0. The summed E-state index contributed by atoms with van der Waals surface area (Å²) < 4.78 is 52.3. The first kappa shape index (κ1) is 22.7. The Morgan fingerprint density at radius 2 is 1.53 bits per heavy atom. The van der Waals surface area contributed by atoms with Gasteiger partial charge in [-0.2, -0.15) is 4.31 Å². The lowest BCUT2D eigenvalue weighted by Crippen LogP contribution is -2.27. The summed E-state index contributed by atoms with van der Waals surface area (Å²) in [5.41, 5.74) is 0.352. The molecule has 0 saturated carbocycles. The predicted molar refractivity (Wildman–Crippen MR) is 115 cm³/mol. The molecule has 0 atom stereocenters. The van der Waals surface area contributed by atoms with Crippen molar-refractivity contribution in [2.45, 2.75) is 22.6 Å². The average molecular weight is 472 g/mol. The van der Waals surface area contributed by atoms with Crippen molar-refractivity contribution in [1.82, 2.24) is 8.61 Å². The quantitative estimate of drug-likeness (QED) is 0.697. The SMILES string of the molecule is CN(C)S(=O)(=O)c1ccc(Cl)c(C(=O)Nc2ccc(S(=O)(=O)N3CCCC3)cc2)c1. The number of amides is 1. The molecule has 0 radical (unpaired) electrons. The molecular formula is C19H22ClN3O5S2. The smallest absolute Gasteiger partial charge is 0.257 e. The Balaban J connectivity index is 1.81. The van der Waals surface area contributed by atoms with Crippen molar-refractivity contribution in [3.63, 3.8) is 0 Å². The molecule has 0 bridgehead atoms. The second kappa shape index (κ2) is 8.64. The summed E-state index contributed by atoms with van der Waals surface area (Å²) >= 11 is 6.09. The Kier molecular flexibility index (Phi) is 6.54. The zero-order valence-corrected chi connectivity index (χ0v) is 18.9. The van der Waals surface area contributed by atoms with Crippen LogP contribution in [0.25, 0.3) is 0 Å². The van der Waals surface area contributed by atoms with Gasteiger partial charge in [0.1, 0.15) is 0 Å². The summed E-state index contributed by atoms with van der Waals surface area (Å²) in [5.74, 6) is -0.606. The van der Waals surface area contributed by atoms with Crippen molar-refractivity contribution < 1.29 is 21.6 Å². The highest BCUT2D eigenvalue weighted by Gasteiger charge is 2.27. The highest BCUT2D eigenvalue weighted by molar-refractivity contribution is 7.89. The monoisotopic (exact) mass is 471 g/mol. The zero-order chi connectivity index (χ0) is 22.1. The van der Waals surface area contributed by atoms with Crippen LogP contribution in [-0.4, -0.2) is 58.5 Å². The summed E-state index contributed by atoms with van der Waals surface area (Å²) in [6.07, 6.45) is 1.69. The van der Waals surface area contributed by atoms with Gasteiger partial charge in [0, 0.05) is 32.9 Å². The molecule has 1 heterocycles. The Morgan fingerprint density at radius 3 is 2.10 bits per heavy atom. The average Bonchev–Trinajstić information content (AvgIpc) is 3.24. The van der Waals surface area contributed by atoms with Crippen molar-refractivity contribution >= 4 is 43.2 Å². The Bertz CT molecular complexity index is 1160. The molecule has 1 amide bonds. The van der Waals surface area contributed by atoms with Gasteiger partial charge in [0.05, 0.1) is 20.4 Å². The number of hydrogen-bond donors (Lipinski definition) is 1. The summed E-state index contributed by atoms with van der Waals surface area (Å²) in [6, 6.07) is 9.70. The summed E-state index contributed by atoms with van der Waals surface area (Å²) in [6.45, 7) is 1.01. The molecule has 0 unspecified atom stereocenters. The fraction of sp³-hybridized carbons (Fsp3) is 0.316. The number of benzene rings is 2. The minimum absolute atomic E-state index is 0.00615. The molecule has 1 aliphatic heterocycles. The van der Waals surface area contributed by atoms with Gasteiger partial charge >= 0.3 is 0 Å². The minimum atomic E-state index is -3.73. The van der Waals surface area contributed by atoms with Crippen LogP contribution in [0.4, 0.5) is 5.69 Å².